The Balaban J connectivity index is 1.16. The van der Waals surface area contributed by atoms with Crippen LogP contribution in [0.1, 0.15) is 103 Å². The molecule has 1 N–H and O–H groups in total. The Hall–Kier alpha value is -6.00. The van der Waals surface area contributed by atoms with E-state index in [9.17, 15) is 0 Å². The molecule has 0 spiro atoms. The molecule has 0 saturated carbocycles. The van der Waals surface area contributed by atoms with Gasteiger partial charge in [-0.15, -0.1) is 0 Å². The summed E-state index contributed by atoms with van der Waals surface area (Å²) in [6.07, 6.45) is 2.32. The van der Waals surface area contributed by atoms with Crippen molar-refractivity contribution in [2.45, 2.75) is 96.8 Å². The summed E-state index contributed by atoms with van der Waals surface area (Å²) in [5.41, 5.74) is 22.6. The number of anilines is 2. The van der Waals surface area contributed by atoms with Gasteiger partial charge >= 0.3 is 0 Å². The smallest absolute Gasteiger partial charge is 0.197 e. The molecule has 0 bridgehead atoms. The summed E-state index contributed by atoms with van der Waals surface area (Å²) in [5.74, 6) is 0. The lowest BCUT2D eigenvalue weighted by Crippen LogP contribution is -2.38. The molecule has 2 aromatic heterocycles. The minimum Gasteiger partial charge on any atom is -0.456 e. The van der Waals surface area contributed by atoms with Crippen LogP contribution in [-0.4, -0.2) is 11.8 Å². The zero-order chi connectivity index (χ0) is 42.0. The predicted octanol–water partition coefficient (Wildman–Crippen LogP) is 14.0. The molecule has 7 aromatic carbocycles. The molecule has 12 rings (SSSR count). The largest absolute Gasteiger partial charge is 0.456 e. The Morgan fingerprint density at radius 3 is 2.07 bits per heavy atom. The van der Waals surface area contributed by atoms with Gasteiger partial charge in [-0.25, -0.2) is 0 Å². The molecule has 3 heterocycles. The molecule has 4 heteroatoms. The summed E-state index contributed by atoms with van der Waals surface area (Å²) in [6, 6.07) is 46.0. The summed E-state index contributed by atoms with van der Waals surface area (Å²) in [5, 5.41) is 8.75. The molecule has 3 nitrogen and oxygen atoms in total. The van der Waals surface area contributed by atoms with Crippen LogP contribution in [0.15, 0.2) is 126 Å². The second-order valence-electron chi connectivity index (χ2n) is 21.2. The lowest BCUT2D eigenvalue weighted by Gasteiger charge is -2.42. The number of aromatic nitrogens is 1. The van der Waals surface area contributed by atoms with E-state index >= 15 is 0 Å². The van der Waals surface area contributed by atoms with Gasteiger partial charge in [-0.1, -0.05) is 141 Å². The Bertz CT molecular complexity index is 3360. The van der Waals surface area contributed by atoms with Crippen LogP contribution in [0.3, 0.4) is 0 Å². The number of nitrogens with zero attached hydrogens (tertiary/aromatic N) is 1. The van der Waals surface area contributed by atoms with Crippen LogP contribution in [-0.2, 0) is 21.7 Å². The number of benzene rings is 7. The van der Waals surface area contributed by atoms with Crippen LogP contribution in [0.25, 0.3) is 71.7 Å². The van der Waals surface area contributed by atoms with E-state index in [0.29, 0.717) is 0 Å². The topological polar surface area (TPSA) is 30.1 Å². The third-order valence-corrected chi connectivity index (χ3v) is 15.0. The van der Waals surface area contributed by atoms with Crippen molar-refractivity contribution >= 4 is 73.3 Å². The van der Waals surface area contributed by atoms with Crippen LogP contribution in [0, 0.1) is 0 Å². The maximum Gasteiger partial charge on any atom is 0.197 e. The van der Waals surface area contributed by atoms with Crippen molar-refractivity contribution in [2.75, 3.05) is 5.32 Å². The highest BCUT2D eigenvalue weighted by Gasteiger charge is 2.40. The van der Waals surface area contributed by atoms with E-state index < -0.39 is 0 Å². The van der Waals surface area contributed by atoms with E-state index in [4.69, 9.17) is 4.42 Å². The van der Waals surface area contributed by atoms with Gasteiger partial charge in [0.05, 0.1) is 5.52 Å². The van der Waals surface area contributed by atoms with E-state index in [2.05, 4.69) is 201 Å². The molecule has 1 aliphatic heterocycles. The number of furan rings is 1. The maximum atomic E-state index is 6.55. The van der Waals surface area contributed by atoms with Gasteiger partial charge in [-0.2, -0.15) is 0 Å². The first-order valence-corrected chi connectivity index (χ1v) is 22.2. The van der Waals surface area contributed by atoms with Gasteiger partial charge in [0, 0.05) is 55.1 Å². The van der Waals surface area contributed by atoms with Crippen molar-refractivity contribution in [3.63, 3.8) is 0 Å². The van der Waals surface area contributed by atoms with E-state index in [1.807, 2.05) is 0 Å². The lowest BCUT2D eigenvalue weighted by atomic mass is 9.57. The summed E-state index contributed by atoms with van der Waals surface area (Å²) < 4.78 is 9.13. The van der Waals surface area contributed by atoms with Crippen LogP contribution in [0.5, 0.6) is 0 Å². The number of fused-ring (bicyclic) bond motifs is 12. The molecule has 0 amide bonds. The van der Waals surface area contributed by atoms with Gasteiger partial charge in [-0.05, 0) is 128 Å². The third kappa shape index (κ3) is 5.17. The summed E-state index contributed by atoms with van der Waals surface area (Å²) in [4.78, 5) is 0. The molecule has 299 valence electrons. The van der Waals surface area contributed by atoms with Gasteiger partial charge < -0.3 is 14.3 Å². The van der Waals surface area contributed by atoms with Crippen LogP contribution in [0.2, 0.25) is 0 Å². The van der Waals surface area contributed by atoms with Crippen molar-refractivity contribution in [3.8, 4) is 27.9 Å². The van der Waals surface area contributed by atoms with Crippen LogP contribution < -0.4 is 16.2 Å². The SMILES string of the molecule is CC(C)(C)c1ccc(Nc2cc3c(cc2-c2ccc4c5cc6oc7ccccc7c6cc5n5c4c2[B]c2cc4c(cc2-5)-c2ccccc2C4(C)C)C(C)(C)CCC3(C)C)cc1. The second-order valence-corrected chi connectivity index (χ2v) is 21.2. The van der Waals surface area contributed by atoms with E-state index in [-0.39, 0.29) is 21.7 Å². The number of nitrogens with one attached hydrogen (secondary N) is 1. The van der Waals surface area contributed by atoms with Crippen LogP contribution >= 0.6 is 0 Å². The van der Waals surface area contributed by atoms with Crippen molar-refractivity contribution in [1.82, 2.24) is 4.57 Å². The average molecular weight is 792 g/mol. The van der Waals surface area contributed by atoms with Crippen LogP contribution in [0.4, 0.5) is 11.4 Å². The van der Waals surface area contributed by atoms with Gasteiger partial charge in [-0.3, -0.25) is 0 Å². The number of hydrogen-bond acceptors (Lipinski definition) is 2. The van der Waals surface area contributed by atoms with Gasteiger partial charge in [0.2, 0.25) is 0 Å². The predicted molar refractivity (Wildman–Crippen MR) is 260 cm³/mol. The third-order valence-electron chi connectivity index (χ3n) is 15.0. The molecule has 2 aliphatic carbocycles. The molecule has 0 saturated heterocycles. The molecule has 61 heavy (non-hydrogen) atoms. The first-order chi connectivity index (χ1) is 29.1. The highest BCUT2D eigenvalue weighted by Crippen LogP contribution is 2.52. The summed E-state index contributed by atoms with van der Waals surface area (Å²) >= 11 is 0. The van der Waals surface area contributed by atoms with Gasteiger partial charge in [0.15, 0.2) is 7.28 Å². The lowest BCUT2D eigenvalue weighted by molar-refractivity contribution is 0.332. The summed E-state index contributed by atoms with van der Waals surface area (Å²) in [7, 11) is 2.50. The first-order valence-electron chi connectivity index (χ1n) is 22.2. The molecular formula is C57H52BN2O. The Morgan fingerprint density at radius 1 is 0.574 bits per heavy atom. The standard InChI is InChI=1S/C57H52BN2O/c1-54(2,3)32-18-20-33(21-19-32)59-47-31-45-44(55(4,5)24-25-56(45,6)7)26-39(47)36-22-23-37-40-29-51-41(35-15-11-13-17-50(35)61-51)28-48(40)60-49-27-38-34-14-10-12-16-42(34)57(8,9)43(38)30-46(49)58-52(36)53(37)60/h10-23,26-31,59H,24-25H2,1-9H3. The monoisotopic (exact) mass is 791 g/mol. The van der Waals surface area contributed by atoms with E-state index in [1.165, 1.54) is 88.5 Å². The Labute approximate surface area is 360 Å². The number of hydrogen-bond donors (Lipinski definition) is 1. The molecular weight excluding hydrogens is 739 g/mol. The normalized spacial score (nSPS) is 16.7. The molecule has 9 aromatic rings. The van der Waals surface area contributed by atoms with E-state index in [0.717, 1.165) is 46.2 Å². The zero-order valence-electron chi connectivity index (χ0n) is 36.9. The first kappa shape index (κ1) is 36.8. The molecule has 0 atom stereocenters. The van der Waals surface area contributed by atoms with Crippen molar-refractivity contribution < 1.29 is 4.42 Å². The number of para-hydroxylation sites is 1. The molecule has 0 unspecified atom stereocenters. The number of rotatable bonds is 3. The van der Waals surface area contributed by atoms with Crippen molar-refractivity contribution in [1.29, 1.82) is 0 Å². The van der Waals surface area contributed by atoms with Gasteiger partial charge in [0.1, 0.15) is 11.2 Å². The quantitative estimate of drug-likeness (QED) is 0.181. The minimum atomic E-state index is -0.110. The summed E-state index contributed by atoms with van der Waals surface area (Å²) in [6.45, 7) is 21.4. The second kappa shape index (κ2) is 12.1. The molecule has 3 aliphatic rings. The molecule has 0 fully saturated rings. The maximum absolute atomic E-state index is 6.55. The van der Waals surface area contributed by atoms with Crippen molar-refractivity contribution in [3.05, 3.63) is 149 Å². The molecule has 1 radical (unpaired) electrons. The Morgan fingerprint density at radius 2 is 1.30 bits per heavy atom. The fraction of sp³-hybridized carbons (Fsp3) is 0.263. The minimum absolute atomic E-state index is 0.0526. The highest BCUT2D eigenvalue weighted by molar-refractivity contribution is 6.73. The van der Waals surface area contributed by atoms with Crippen molar-refractivity contribution in [2.24, 2.45) is 0 Å². The fourth-order valence-electron chi connectivity index (χ4n) is 11.3. The highest BCUT2D eigenvalue weighted by atomic mass is 16.3. The van der Waals surface area contributed by atoms with Gasteiger partial charge in [0.25, 0.3) is 0 Å². The zero-order valence-corrected chi connectivity index (χ0v) is 36.9. The average Bonchev–Trinajstić information content (AvgIpc) is 3.84. The fourth-order valence-corrected chi connectivity index (χ4v) is 11.3. The Kier molecular flexibility index (Phi) is 7.30. The van der Waals surface area contributed by atoms with E-state index in [1.54, 1.807) is 0 Å².